The van der Waals surface area contributed by atoms with Crippen LogP contribution in [0.4, 0.5) is 0 Å². The lowest BCUT2D eigenvalue weighted by molar-refractivity contribution is -0.131. The van der Waals surface area contributed by atoms with Crippen LogP contribution in [0.5, 0.6) is 11.5 Å². The summed E-state index contributed by atoms with van der Waals surface area (Å²) in [6.45, 7) is 4.73. The van der Waals surface area contributed by atoms with E-state index in [1.165, 1.54) is 0 Å². The molecule has 0 aromatic heterocycles. The SMILES string of the molecule is CCCOc1ccc(OC/C(C)=C/C(=O)O)cc1. The van der Waals surface area contributed by atoms with Gasteiger partial charge in [-0.2, -0.15) is 0 Å². The van der Waals surface area contributed by atoms with Gasteiger partial charge < -0.3 is 14.6 Å². The maximum absolute atomic E-state index is 10.4. The van der Waals surface area contributed by atoms with Crippen LogP contribution in [0, 0.1) is 0 Å². The second-order valence-electron chi connectivity index (χ2n) is 3.94. The Kier molecular flexibility index (Phi) is 5.77. The lowest BCUT2D eigenvalue weighted by Gasteiger charge is -2.08. The second-order valence-corrected chi connectivity index (χ2v) is 3.94. The first-order valence-electron chi connectivity index (χ1n) is 5.87. The van der Waals surface area contributed by atoms with Gasteiger partial charge in [0.05, 0.1) is 6.61 Å². The second kappa shape index (κ2) is 7.37. The summed E-state index contributed by atoms with van der Waals surface area (Å²) in [7, 11) is 0. The van der Waals surface area contributed by atoms with Gasteiger partial charge in [-0.25, -0.2) is 4.79 Å². The van der Waals surface area contributed by atoms with Gasteiger partial charge in [0, 0.05) is 6.08 Å². The van der Waals surface area contributed by atoms with Gasteiger partial charge in [-0.15, -0.1) is 0 Å². The molecule has 18 heavy (non-hydrogen) atoms. The van der Waals surface area contributed by atoms with Crippen molar-refractivity contribution >= 4 is 5.97 Å². The molecule has 0 aliphatic rings. The summed E-state index contributed by atoms with van der Waals surface area (Å²) in [6.07, 6.45) is 2.11. The van der Waals surface area contributed by atoms with E-state index in [0.717, 1.165) is 18.2 Å². The Hall–Kier alpha value is -1.97. The zero-order valence-corrected chi connectivity index (χ0v) is 10.7. The van der Waals surface area contributed by atoms with Crippen LogP contribution in [-0.4, -0.2) is 24.3 Å². The Labute approximate surface area is 107 Å². The molecule has 1 aromatic carbocycles. The van der Waals surface area contributed by atoms with Crippen molar-refractivity contribution in [3.05, 3.63) is 35.9 Å². The first kappa shape index (κ1) is 14.1. The van der Waals surface area contributed by atoms with Crippen LogP contribution < -0.4 is 9.47 Å². The number of hydrogen-bond acceptors (Lipinski definition) is 3. The van der Waals surface area contributed by atoms with Crippen LogP contribution in [-0.2, 0) is 4.79 Å². The molecule has 1 N–H and O–H groups in total. The fourth-order valence-electron chi connectivity index (χ4n) is 1.30. The summed E-state index contributed by atoms with van der Waals surface area (Å²) in [5, 5.41) is 8.55. The zero-order valence-electron chi connectivity index (χ0n) is 10.7. The molecule has 4 nitrogen and oxygen atoms in total. The Balaban J connectivity index is 2.46. The minimum atomic E-state index is -0.959. The number of aliphatic carboxylic acids is 1. The van der Waals surface area contributed by atoms with Crippen LogP contribution in [0.25, 0.3) is 0 Å². The highest BCUT2D eigenvalue weighted by Gasteiger charge is 1.98. The standard InChI is InChI=1S/C14H18O4/c1-3-8-17-12-4-6-13(7-5-12)18-10-11(2)9-14(15)16/h4-7,9H,3,8,10H2,1-2H3,(H,15,16)/b11-9+. The molecule has 0 saturated carbocycles. The lowest BCUT2D eigenvalue weighted by atomic mass is 10.3. The van der Waals surface area contributed by atoms with Gasteiger partial charge in [0.2, 0.25) is 0 Å². The molecule has 4 heteroatoms. The molecule has 0 heterocycles. The number of hydrogen-bond donors (Lipinski definition) is 1. The molecule has 0 amide bonds. The number of carboxylic acid groups (broad SMARTS) is 1. The highest BCUT2D eigenvalue weighted by Crippen LogP contribution is 2.18. The van der Waals surface area contributed by atoms with Crippen LogP contribution in [0.2, 0.25) is 0 Å². The first-order chi connectivity index (χ1) is 8.61. The van der Waals surface area contributed by atoms with Crippen molar-refractivity contribution in [2.75, 3.05) is 13.2 Å². The molecule has 0 saturated heterocycles. The predicted octanol–water partition coefficient (Wildman–Crippen LogP) is 2.89. The van der Waals surface area contributed by atoms with Crippen LogP contribution in [0.1, 0.15) is 20.3 Å². The summed E-state index contributed by atoms with van der Waals surface area (Å²) in [5.74, 6) is 0.540. The number of carboxylic acids is 1. The molecule has 0 aliphatic carbocycles. The Morgan fingerprint density at radius 3 is 2.28 bits per heavy atom. The Morgan fingerprint density at radius 1 is 1.22 bits per heavy atom. The number of ether oxygens (including phenoxy) is 2. The van der Waals surface area contributed by atoms with Gasteiger partial charge in [-0.1, -0.05) is 6.92 Å². The Bertz CT molecular complexity index is 406. The van der Waals surface area contributed by atoms with E-state index in [-0.39, 0.29) is 6.61 Å². The number of benzene rings is 1. The van der Waals surface area contributed by atoms with E-state index in [1.54, 1.807) is 19.1 Å². The quantitative estimate of drug-likeness (QED) is 0.756. The van der Waals surface area contributed by atoms with E-state index < -0.39 is 5.97 Å². The molecular formula is C14H18O4. The van der Waals surface area contributed by atoms with Crippen LogP contribution in [0.3, 0.4) is 0 Å². The molecule has 0 unspecified atom stereocenters. The topological polar surface area (TPSA) is 55.8 Å². The fourth-order valence-corrected chi connectivity index (χ4v) is 1.30. The van der Waals surface area contributed by atoms with Crippen molar-refractivity contribution in [1.82, 2.24) is 0 Å². The molecule has 98 valence electrons. The molecular weight excluding hydrogens is 232 g/mol. The minimum Gasteiger partial charge on any atom is -0.494 e. The van der Waals surface area contributed by atoms with Crippen molar-refractivity contribution in [2.45, 2.75) is 20.3 Å². The molecule has 0 fully saturated rings. The maximum Gasteiger partial charge on any atom is 0.328 e. The van der Waals surface area contributed by atoms with Crippen LogP contribution in [0.15, 0.2) is 35.9 Å². The van der Waals surface area contributed by atoms with E-state index in [4.69, 9.17) is 14.6 Å². The third kappa shape index (κ3) is 5.39. The summed E-state index contributed by atoms with van der Waals surface area (Å²) >= 11 is 0. The van der Waals surface area contributed by atoms with Gasteiger partial charge in [0.25, 0.3) is 0 Å². The van der Waals surface area contributed by atoms with E-state index in [2.05, 4.69) is 6.92 Å². The van der Waals surface area contributed by atoms with Gasteiger partial charge in [0.1, 0.15) is 18.1 Å². The van der Waals surface area contributed by atoms with Gasteiger partial charge >= 0.3 is 5.97 Å². The van der Waals surface area contributed by atoms with Gasteiger partial charge in [-0.05, 0) is 43.2 Å². The third-order valence-electron chi connectivity index (χ3n) is 2.13. The molecule has 0 spiro atoms. The van der Waals surface area contributed by atoms with E-state index >= 15 is 0 Å². The molecule has 1 rings (SSSR count). The minimum absolute atomic E-state index is 0.265. The lowest BCUT2D eigenvalue weighted by Crippen LogP contribution is -2.01. The summed E-state index contributed by atoms with van der Waals surface area (Å²) in [5.41, 5.74) is 0.661. The fraction of sp³-hybridized carbons (Fsp3) is 0.357. The average Bonchev–Trinajstić information content (AvgIpc) is 2.34. The van der Waals surface area contributed by atoms with Crippen molar-refractivity contribution < 1.29 is 19.4 Å². The van der Waals surface area contributed by atoms with Crippen molar-refractivity contribution in [1.29, 1.82) is 0 Å². The average molecular weight is 250 g/mol. The highest BCUT2D eigenvalue weighted by molar-refractivity contribution is 5.80. The monoisotopic (exact) mass is 250 g/mol. The molecule has 0 atom stereocenters. The third-order valence-corrected chi connectivity index (χ3v) is 2.13. The van der Waals surface area contributed by atoms with E-state index in [0.29, 0.717) is 17.9 Å². The van der Waals surface area contributed by atoms with Gasteiger partial charge in [-0.3, -0.25) is 0 Å². The van der Waals surface area contributed by atoms with Crippen molar-refractivity contribution in [3.63, 3.8) is 0 Å². The van der Waals surface area contributed by atoms with Crippen molar-refractivity contribution in [2.24, 2.45) is 0 Å². The molecule has 1 aromatic rings. The van der Waals surface area contributed by atoms with Crippen LogP contribution >= 0.6 is 0 Å². The summed E-state index contributed by atoms with van der Waals surface area (Å²) in [6, 6.07) is 7.28. The first-order valence-corrected chi connectivity index (χ1v) is 5.87. The Morgan fingerprint density at radius 2 is 1.78 bits per heavy atom. The highest BCUT2D eigenvalue weighted by atomic mass is 16.5. The maximum atomic E-state index is 10.4. The molecule has 0 aliphatic heterocycles. The van der Waals surface area contributed by atoms with E-state index in [1.807, 2.05) is 12.1 Å². The predicted molar refractivity (Wildman–Crippen MR) is 69.1 cm³/mol. The normalized spacial score (nSPS) is 11.1. The largest absolute Gasteiger partial charge is 0.494 e. The smallest absolute Gasteiger partial charge is 0.328 e. The zero-order chi connectivity index (χ0) is 13.4. The molecule has 0 radical (unpaired) electrons. The summed E-state index contributed by atoms with van der Waals surface area (Å²) < 4.78 is 10.9. The number of rotatable bonds is 7. The summed E-state index contributed by atoms with van der Waals surface area (Å²) in [4.78, 5) is 10.4. The number of carbonyl (C=O) groups is 1. The molecule has 0 bridgehead atoms. The van der Waals surface area contributed by atoms with Gasteiger partial charge in [0.15, 0.2) is 0 Å². The van der Waals surface area contributed by atoms with Crippen molar-refractivity contribution in [3.8, 4) is 11.5 Å². The van der Waals surface area contributed by atoms with E-state index in [9.17, 15) is 4.79 Å².